The Hall–Kier alpha value is -4.45. The highest BCUT2D eigenvalue weighted by Gasteiger charge is 2.40. The summed E-state index contributed by atoms with van der Waals surface area (Å²) in [5.74, 6) is -2.24. The van der Waals surface area contributed by atoms with Gasteiger partial charge in [0.05, 0.1) is 42.8 Å². The number of amides is 2. The number of aryl methyl sites for hydroxylation is 1. The van der Waals surface area contributed by atoms with Crippen molar-refractivity contribution in [1.82, 2.24) is 14.8 Å². The van der Waals surface area contributed by atoms with Crippen LogP contribution in [-0.2, 0) is 25.5 Å². The normalized spacial score (nSPS) is 18.7. The lowest BCUT2D eigenvalue weighted by Crippen LogP contribution is -2.44. The first-order chi connectivity index (χ1) is 21.7. The Balaban J connectivity index is 1.06. The van der Waals surface area contributed by atoms with Gasteiger partial charge in [-0.1, -0.05) is 41.9 Å². The molecule has 45 heavy (non-hydrogen) atoms. The van der Waals surface area contributed by atoms with Gasteiger partial charge in [0.1, 0.15) is 5.52 Å². The molecule has 3 aromatic carbocycles. The zero-order valence-corrected chi connectivity index (χ0v) is 25.5. The average Bonchev–Trinajstić information content (AvgIpc) is 3.65. The van der Waals surface area contributed by atoms with Crippen LogP contribution in [0.1, 0.15) is 22.6 Å². The van der Waals surface area contributed by atoms with E-state index in [4.69, 9.17) is 20.8 Å². The number of aliphatic carboxylic acids is 1. The van der Waals surface area contributed by atoms with Crippen LogP contribution in [0.3, 0.4) is 0 Å². The number of rotatable bonds is 9. The van der Waals surface area contributed by atoms with E-state index in [2.05, 4.69) is 15.6 Å². The molecule has 12 heteroatoms. The molecule has 6 rings (SSSR count). The van der Waals surface area contributed by atoms with E-state index in [9.17, 15) is 19.5 Å². The minimum absolute atomic E-state index is 0.0683. The van der Waals surface area contributed by atoms with Crippen LogP contribution in [0.15, 0.2) is 65.1 Å². The van der Waals surface area contributed by atoms with E-state index < -0.39 is 11.9 Å². The fraction of sp³-hybridized carbons (Fsp3) is 0.333. The van der Waals surface area contributed by atoms with Crippen LogP contribution in [-0.4, -0.2) is 83.6 Å². The number of carbonyl (C=O) groups is 3. The molecule has 0 radical (unpaired) electrons. The van der Waals surface area contributed by atoms with Gasteiger partial charge >= 0.3 is 5.97 Å². The third kappa shape index (κ3) is 7.11. The van der Waals surface area contributed by atoms with Crippen molar-refractivity contribution < 1.29 is 28.6 Å². The Bertz CT molecular complexity index is 1700. The van der Waals surface area contributed by atoms with E-state index in [1.807, 2.05) is 42.2 Å². The highest BCUT2D eigenvalue weighted by atomic mass is 35.5. The number of benzene rings is 3. The summed E-state index contributed by atoms with van der Waals surface area (Å²) < 4.78 is 11.2. The van der Waals surface area contributed by atoms with E-state index in [-0.39, 0.29) is 37.2 Å². The molecular weight excluding hydrogens is 598 g/mol. The van der Waals surface area contributed by atoms with E-state index in [1.54, 1.807) is 35.2 Å². The third-order valence-corrected chi connectivity index (χ3v) is 8.66. The fourth-order valence-electron chi connectivity index (χ4n) is 5.88. The molecule has 2 saturated heterocycles. The second-order valence-corrected chi connectivity index (χ2v) is 11.9. The number of oxazole rings is 1. The Kier molecular flexibility index (Phi) is 9.02. The van der Waals surface area contributed by atoms with Gasteiger partial charge < -0.3 is 29.8 Å². The number of fused-ring (bicyclic) bond motifs is 1. The number of aromatic nitrogens is 1. The number of ether oxygens (including phenoxy) is 1. The smallest absolute Gasteiger partial charge is 0.308 e. The topological polar surface area (TPSA) is 137 Å². The molecule has 4 aromatic rings. The molecule has 1 aromatic heterocycles. The molecule has 234 valence electrons. The number of morpholine rings is 1. The van der Waals surface area contributed by atoms with Crippen molar-refractivity contribution in [1.29, 1.82) is 0 Å². The number of carboxylic acids is 1. The van der Waals surface area contributed by atoms with Gasteiger partial charge in [-0.15, -0.1) is 0 Å². The molecule has 3 N–H and O–H groups in total. The number of anilines is 3. The molecule has 2 aliphatic heterocycles. The number of carboxylic acid groups (broad SMARTS) is 1. The van der Waals surface area contributed by atoms with Gasteiger partial charge in [-0.3, -0.25) is 19.3 Å². The van der Waals surface area contributed by atoms with Crippen LogP contribution >= 0.6 is 11.6 Å². The highest BCUT2D eigenvalue weighted by Crippen LogP contribution is 2.34. The van der Waals surface area contributed by atoms with Crippen molar-refractivity contribution in [2.45, 2.75) is 19.3 Å². The summed E-state index contributed by atoms with van der Waals surface area (Å²) in [5, 5.41) is 16.5. The van der Waals surface area contributed by atoms with Crippen molar-refractivity contribution >= 4 is 57.9 Å². The summed E-state index contributed by atoms with van der Waals surface area (Å²) in [6.45, 7) is 5.28. The zero-order valence-electron chi connectivity index (χ0n) is 24.8. The van der Waals surface area contributed by atoms with Crippen LogP contribution in [0, 0.1) is 12.8 Å². The number of likely N-dealkylation sites (tertiary alicyclic amines) is 1. The van der Waals surface area contributed by atoms with Crippen LogP contribution in [0.5, 0.6) is 0 Å². The Morgan fingerprint density at radius 3 is 2.56 bits per heavy atom. The lowest BCUT2D eigenvalue weighted by molar-refractivity contribution is -0.142. The van der Waals surface area contributed by atoms with Crippen LogP contribution in [0.25, 0.3) is 11.1 Å². The molecule has 2 unspecified atom stereocenters. The van der Waals surface area contributed by atoms with Gasteiger partial charge in [-0.25, -0.2) is 0 Å². The van der Waals surface area contributed by atoms with Gasteiger partial charge in [0.25, 0.3) is 6.01 Å². The monoisotopic (exact) mass is 631 g/mol. The van der Waals surface area contributed by atoms with Crippen LogP contribution in [0.4, 0.5) is 17.4 Å². The maximum atomic E-state index is 12.9. The SMILES string of the molecule is Cc1cccc(Cl)c1Nc1nc2ccc(CC(=O)Nc3ccc(C4CN(C(=O)CN5CCOCC5)CC4C(=O)O)cc3)cc2o1. The molecule has 11 nitrogen and oxygen atoms in total. The third-order valence-electron chi connectivity index (χ3n) is 8.35. The molecule has 2 aliphatic rings. The molecule has 2 atom stereocenters. The average molecular weight is 632 g/mol. The number of para-hydroxylation sites is 1. The van der Waals surface area contributed by atoms with Crippen LogP contribution < -0.4 is 10.6 Å². The van der Waals surface area contributed by atoms with E-state index >= 15 is 0 Å². The standard InChI is InChI=1S/C33H34ClN5O6/c1-20-3-2-4-26(34)31(20)37-33-36-27-10-5-21(15-28(27)45-33)16-29(40)35-23-8-6-22(7-9-23)24-17-39(18-25(24)32(42)43)30(41)19-38-11-13-44-14-12-38/h2-10,15,24-25H,11-14,16-19H2,1H3,(H,35,40)(H,36,37)(H,42,43). The quantitative estimate of drug-likeness (QED) is 0.241. The second kappa shape index (κ2) is 13.3. The van der Waals surface area contributed by atoms with Crippen molar-refractivity contribution in [3.8, 4) is 0 Å². The van der Waals surface area contributed by atoms with Crippen molar-refractivity contribution in [3.63, 3.8) is 0 Å². The van der Waals surface area contributed by atoms with E-state index in [1.165, 1.54) is 0 Å². The molecule has 0 spiro atoms. The summed E-state index contributed by atoms with van der Waals surface area (Å²) >= 11 is 6.32. The summed E-state index contributed by atoms with van der Waals surface area (Å²) in [7, 11) is 0. The number of halogens is 1. The van der Waals surface area contributed by atoms with E-state index in [0.717, 1.165) is 22.4 Å². The van der Waals surface area contributed by atoms with Gasteiger partial charge in [0.15, 0.2) is 5.58 Å². The number of hydrogen-bond acceptors (Lipinski definition) is 8. The first kappa shape index (κ1) is 30.6. The fourth-order valence-corrected chi connectivity index (χ4v) is 6.15. The highest BCUT2D eigenvalue weighted by molar-refractivity contribution is 6.33. The van der Waals surface area contributed by atoms with Gasteiger partial charge in [-0.05, 0) is 53.9 Å². The predicted octanol–water partition coefficient (Wildman–Crippen LogP) is 4.67. The second-order valence-electron chi connectivity index (χ2n) is 11.5. The summed E-state index contributed by atoms with van der Waals surface area (Å²) in [5.41, 5.74) is 5.03. The minimum Gasteiger partial charge on any atom is -0.481 e. The van der Waals surface area contributed by atoms with Crippen molar-refractivity contribution in [2.24, 2.45) is 5.92 Å². The summed E-state index contributed by atoms with van der Waals surface area (Å²) in [6.07, 6.45) is 0.120. The predicted molar refractivity (Wildman–Crippen MR) is 170 cm³/mol. The molecule has 0 bridgehead atoms. The molecule has 2 fully saturated rings. The summed E-state index contributed by atoms with van der Waals surface area (Å²) in [4.78, 5) is 46.1. The Morgan fingerprint density at radius 1 is 1.04 bits per heavy atom. The number of hydrogen-bond donors (Lipinski definition) is 3. The Morgan fingerprint density at radius 2 is 1.82 bits per heavy atom. The zero-order chi connectivity index (χ0) is 31.5. The minimum atomic E-state index is -0.926. The largest absolute Gasteiger partial charge is 0.481 e. The van der Waals surface area contributed by atoms with Gasteiger partial charge in [0, 0.05) is 37.8 Å². The van der Waals surface area contributed by atoms with Gasteiger partial charge in [0.2, 0.25) is 11.8 Å². The maximum Gasteiger partial charge on any atom is 0.308 e. The molecular formula is C33H34ClN5O6. The van der Waals surface area contributed by atoms with Gasteiger partial charge in [-0.2, -0.15) is 4.98 Å². The molecule has 0 saturated carbocycles. The lowest BCUT2D eigenvalue weighted by Gasteiger charge is -2.28. The molecule has 2 amide bonds. The number of nitrogens with one attached hydrogen (secondary N) is 2. The maximum absolute atomic E-state index is 12.9. The van der Waals surface area contributed by atoms with Crippen molar-refractivity contribution in [3.05, 3.63) is 82.4 Å². The number of carbonyl (C=O) groups excluding carboxylic acids is 2. The van der Waals surface area contributed by atoms with Crippen LogP contribution in [0.2, 0.25) is 5.02 Å². The lowest BCUT2D eigenvalue weighted by atomic mass is 9.89. The van der Waals surface area contributed by atoms with E-state index in [0.29, 0.717) is 60.7 Å². The first-order valence-corrected chi connectivity index (χ1v) is 15.2. The molecule has 3 heterocycles. The molecule has 0 aliphatic carbocycles. The summed E-state index contributed by atoms with van der Waals surface area (Å²) in [6, 6.07) is 18.5. The Labute approximate surface area is 265 Å². The number of nitrogens with zero attached hydrogens (tertiary/aromatic N) is 3. The first-order valence-electron chi connectivity index (χ1n) is 14.9. The van der Waals surface area contributed by atoms with Crippen molar-refractivity contribution in [2.75, 3.05) is 56.6 Å².